The van der Waals surface area contributed by atoms with E-state index < -0.39 is 74.5 Å². The van der Waals surface area contributed by atoms with E-state index in [1.807, 2.05) is 0 Å². The highest BCUT2D eigenvalue weighted by Gasteiger charge is 2.40. The number of alkyl halides is 6. The van der Waals surface area contributed by atoms with Crippen molar-refractivity contribution < 1.29 is 52.5 Å². The molecule has 1 heterocycles. The van der Waals surface area contributed by atoms with Crippen molar-refractivity contribution in [3.8, 4) is 0 Å². The number of hydrogen-bond acceptors (Lipinski definition) is 5. The second-order valence-electron chi connectivity index (χ2n) is 9.56. The number of rotatable bonds is 8. The van der Waals surface area contributed by atoms with Crippen LogP contribution in [0, 0.1) is 11.6 Å². The van der Waals surface area contributed by atoms with Crippen LogP contribution >= 0.6 is 0 Å². The van der Waals surface area contributed by atoms with Crippen LogP contribution in [0.4, 0.5) is 35.1 Å². The van der Waals surface area contributed by atoms with Gasteiger partial charge in [0.2, 0.25) is 0 Å². The van der Waals surface area contributed by atoms with Gasteiger partial charge in [-0.15, -0.1) is 0 Å². The first-order valence-electron chi connectivity index (χ1n) is 11.7. The summed E-state index contributed by atoms with van der Waals surface area (Å²) in [6.07, 6.45) is -9.59. The Morgan fingerprint density at radius 3 is 2.15 bits per heavy atom. The quantitative estimate of drug-likeness (QED) is 0.324. The van der Waals surface area contributed by atoms with Crippen LogP contribution in [-0.4, -0.2) is 39.7 Å². The highest BCUT2D eigenvalue weighted by molar-refractivity contribution is 7.85. The molecule has 0 bridgehead atoms. The Morgan fingerprint density at radius 2 is 1.62 bits per heavy atom. The zero-order valence-corrected chi connectivity index (χ0v) is 21.4. The largest absolute Gasteiger partial charge is 0.416 e. The van der Waals surface area contributed by atoms with Crippen molar-refractivity contribution in [3.05, 3.63) is 70.3 Å². The standard InChI is InChI=1S/C25H25F8NO4S/c1-39(36,37)38-8-6-23(16-3-4-19(26)20(27)13-16)5-2-7-34-21(14-23)22(35)11-15-9-17(24(28,29)30)12-18(10-15)25(31,32)33/h3-4,9-10,12-13,21,34H,2,5-8,11,14H2,1H3. The summed E-state index contributed by atoms with van der Waals surface area (Å²) in [7, 11) is -3.86. The van der Waals surface area contributed by atoms with Crippen LogP contribution in [0.5, 0.6) is 0 Å². The van der Waals surface area contributed by atoms with Gasteiger partial charge in [-0.2, -0.15) is 34.8 Å². The molecule has 2 aromatic carbocycles. The molecule has 1 saturated heterocycles. The maximum atomic E-state index is 14.2. The fourth-order valence-corrected chi connectivity index (χ4v) is 5.18. The predicted octanol–water partition coefficient (Wildman–Crippen LogP) is 5.56. The van der Waals surface area contributed by atoms with E-state index in [0.717, 1.165) is 18.4 Å². The third-order valence-electron chi connectivity index (χ3n) is 6.64. The first kappa shape index (κ1) is 31.0. The molecule has 0 aromatic heterocycles. The van der Waals surface area contributed by atoms with Gasteiger partial charge in [0, 0.05) is 6.42 Å². The molecule has 2 atom stereocenters. The van der Waals surface area contributed by atoms with Gasteiger partial charge < -0.3 is 5.32 Å². The molecular weight excluding hydrogens is 562 g/mol. The van der Waals surface area contributed by atoms with Crippen LogP contribution in [0.2, 0.25) is 0 Å². The number of Topliss-reactive ketones (excluding diaryl/α,β-unsaturated/α-hetero) is 1. The van der Waals surface area contributed by atoms with E-state index in [1.54, 1.807) is 0 Å². The predicted molar refractivity (Wildman–Crippen MR) is 124 cm³/mol. The van der Waals surface area contributed by atoms with E-state index in [2.05, 4.69) is 5.32 Å². The molecule has 0 radical (unpaired) electrons. The first-order valence-corrected chi connectivity index (χ1v) is 13.6. The van der Waals surface area contributed by atoms with Gasteiger partial charge in [0.1, 0.15) is 0 Å². The van der Waals surface area contributed by atoms with Crippen LogP contribution in [0.15, 0.2) is 36.4 Å². The summed E-state index contributed by atoms with van der Waals surface area (Å²) in [6, 6.07) is 2.91. The van der Waals surface area contributed by atoms with Crippen molar-refractivity contribution in [2.45, 2.75) is 55.9 Å². The Kier molecular flexibility index (Phi) is 9.12. The molecule has 0 aliphatic carbocycles. The zero-order chi connectivity index (χ0) is 29.2. The third-order valence-corrected chi connectivity index (χ3v) is 7.24. The maximum absolute atomic E-state index is 14.2. The summed E-state index contributed by atoms with van der Waals surface area (Å²) in [6.45, 7) is -0.132. The SMILES string of the molecule is CS(=O)(=O)OCCC1(c2ccc(F)c(F)c2)CCCNC(C(=O)Cc2cc(C(F)(F)F)cc(C(F)(F)F)c2)C1. The van der Waals surface area contributed by atoms with Gasteiger partial charge in [0.25, 0.3) is 10.1 Å². The van der Waals surface area contributed by atoms with Crippen LogP contribution in [0.1, 0.15) is 47.9 Å². The number of ketones is 1. The second kappa shape index (κ2) is 11.5. The van der Waals surface area contributed by atoms with E-state index in [0.29, 0.717) is 18.6 Å². The Hall–Kier alpha value is -2.58. The molecule has 3 rings (SSSR count). The van der Waals surface area contributed by atoms with E-state index in [1.165, 1.54) is 6.07 Å². The monoisotopic (exact) mass is 587 g/mol. The lowest BCUT2D eigenvalue weighted by Gasteiger charge is -2.35. The summed E-state index contributed by atoms with van der Waals surface area (Å²) in [5.74, 6) is -3.04. The highest BCUT2D eigenvalue weighted by atomic mass is 32.2. The number of nitrogens with one attached hydrogen (secondary N) is 1. The molecule has 0 saturated carbocycles. The van der Waals surface area contributed by atoms with Gasteiger partial charge in [-0.05, 0) is 79.1 Å². The number of carbonyl (C=O) groups excluding carboxylic acids is 1. The minimum absolute atomic E-state index is 0.0340. The van der Waals surface area contributed by atoms with Gasteiger partial charge >= 0.3 is 12.4 Å². The second-order valence-corrected chi connectivity index (χ2v) is 11.2. The van der Waals surface area contributed by atoms with Crippen LogP contribution < -0.4 is 5.32 Å². The molecule has 39 heavy (non-hydrogen) atoms. The maximum Gasteiger partial charge on any atom is 0.416 e. The molecule has 0 spiro atoms. The minimum atomic E-state index is -5.08. The molecule has 216 valence electrons. The number of benzene rings is 2. The lowest BCUT2D eigenvalue weighted by atomic mass is 9.70. The molecular formula is C25H25F8NO4S. The Labute approximate surface area is 219 Å². The number of carbonyl (C=O) groups is 1. The molecule has 5 nitrogen and oxygen atoms in total. The van der Waals surface area contributed by atoms with E-state index >= 15 is 0 Å². The number of hydrogen-bond donors (Lipinski definition) is 1. The van der Waals surface area contributed by atoms with Gasteiger partial charge in [-0.25, -0.2) is 8.78 Å². The highest BCUT2D eigenvalue weighted by Crippen LogP contribution is 2.41. The smallest absolute Gasteiger partial charge is 0.307 e. The van der Waals surface area contributed by atoms with Gasteiger partial charge in [0.15, 0.2) is 17.4 Å². The molecule has 2 aromatic rings. The van der Waals surface area contributed by atoms with E-state index in [4.69, 9.17) is 4.18 Å². The van der Waals surface area contributed by atoms with Crippen LogP contribution in [0.25, 0.3) is 0 Å². The van der Waals surface area contributed by atoms with Crippen molar-refractivity contribution in [1.82, 2.24) is 5.32 Å². The lowest BCUT2D eigenvalue weighted by molar-refractivity contribution is -0.143. The van der Waals surface area contributed by atoms with Crippen molar-refractivity contribution in [1.29, 1.82) is 0 Å². The minimum Gasteiger partial charge on any atom is -0.307 e. The molecule has 14 heteroatoms. The molecule has 1 fully saturated rings. The van der Waals surface area contributed by atoms with Crippen LogP contribution in [0.3, 0.4) is 0 Å². The topological polar surface area (TPSA) is 72.5 Å². The summed E-state index contributed by atoms with van der Waals surface area (Å²) >= 11 is 0. The fourth-order valence-electron chi connectivity index (χ4n) is 4.79. The molecule has 2 unspecified atom stereocenters. The third kappa shape index (κ3) is 8.21. The summed E-state index contributed by atoms with van der Waals surface area (Å²) in [5, 5.41) is 2.93. The van der Waals surface area contributed by atoms with E-state index in [9.17, 15) is 48.3 Å². The lowest BCUT2D eigenvalue weighted by Crippen LogP contribution is -2.42. The Balaban J connectivity index is 1.96. The van der Waals surface area contributed by atoms with Crippen LogP contribution in [-0.2, 0) is 43.3 Å². The van der Waals surface area contributed by atoms with Gasteiger partial charge in [0.05, 0.1) is 30.0 Å². The Morgan fingerprint density at radius 1 is 1.00 bits per heavy atom. The summed E-state index contributed by atoms with van der Waals surface area (Å²) < 4.78 is 135. The average Bonchev–Trinajstić information content (AvgIpc) is 3.02. The molecule has 0 amide bonds. The van der Waals surface area contributed by atoms with Gasteiger partial charge in [-0.3, -0.25) is 8.98 Å². The zero-order valence-electron chi connectivity index (χ0n) is 20.6. The molecule has 1 aliphatic rings. The van der Waals surface area contributed by atoms with Gasteiger partial charge in [-0.1, -0.05) is 6.07 Å². The molecule has 1 aliphatic heterocycles. The van der Waals surface area contributed by atoms with Crippen molar-refractivity contribution >= 4 is 15.9 Å². The number of halogens is 8. The average molecular weight is 588 g/mol. The normalized spacial score (nSPS) is 21.0. The van der Waals surface area contributed by atoms with Crippen molar-refractivity contribution in [2.24, 2.45) is 0 Å². The van der Waals surface area contributed by atoms with E-state index in [-0.39, 0.29) is 44.0 Å². The summed E-state index contributed by atoms with van der Waals surface area (Å²) in [5.41, 5.74) is -4.47. The molecule has 1 N–H and O–H groups in total. The summed E-state index contributed by atoms with van der Waals surface area (Å²) in [4.78, 5) is 13.2. The fraction of sp³-hybridized carbons (Fsp3) is 0.480. The Bertz CT molecular complexity index is 1280. The van der Waals surface area contributed by atoms with Crippen molar-refractivity contribution in [3.63, 3.8) is 0 Å². The van der Waals surface area contributed by atoms with Crippen molar-refractivity contribution in [2.75, 3.05) is 19.4 Å². The first-order chi connectivity index (χ1) is 17.9.